The van der Waals surface area contributed by atoms with Crippen molar-refractivity contribution >= 4 is 29.5 Å². The first-order valence-electron chi connectivity index (χ1n) is 21.3. The van der Waals surface area contributed by atoms with Gasteiger partial charge in [-0.05, 0) is 67.5 Å². The Balaban J connectivity index is 1.73. The summed E-state index contributed by atoms with van der Waals surface area (Å²) >= 11 is 0. The zero-order valence-electron chi connectivity index (χ0n) is 38.2. The number of hydrogen-bond acceptors (Lipinski definition) is 15. The molecule has 1 aromatic rings. The maximum Gasteiger partial charge on any atom is 0.425 e. The molecule has 0 radical (unpaired) electrons. The van der Waals surface area contributed by atoms with Crippen LogP contribution in [-0.2, 0) is 55.9 Å². The van der Waals surface area contributed by atoms with Gasteiger partial charge in [0.05, 0.1) is 35.5 Å². The van der Waals surface area contributed by atoms with E-state index in [4.69, 9.17) is 28.5 Å². The molecule has 13 atom stereocenters. The molecule has 0 aromatic carbocycles. The van der Waals surface area contributed by atoms with Gasteiger partial charge < -0.3 is 48.4 Å². The van der Waals surface area contributed by atoms with Crippen molar-refractivity contribution in [3.8, 4) is 0 Å². The number of oxime groups is 1. The van der Waals surface area contributed by atoms with Crippen molar-refractivity contribution in [1.82, 2.24) is 30.2 Å². The molecule has 2 amide bonds. The number of alkyl halides is 1. The fraction of sp³-hybridized carbons (Fsp3) is 0.810. The second-order valence-corrected chi connectivity index (χ2v) is 17.7. The van der Waals surface area contributed by atoms with E-state index >= 15 is 4.39 Å². The van der Waals surface area contributed by atoms with E-state index in [0.29, 0.717) is 44.6 Å². The number of likely N-dealkylation sites (N-methyl/N-ethyl adjacent to an activating group) is 1. The standard InChI is InChI=1S/C42H70FN7O11/c1-14-31-42(9)34(50(39(55)61-42)46-17-15-19-49-22-29(45-23-49)16-18-44-28(6)51)26(4)32(47-57-13)24(2)21-40(7,56-12)36(27(5)35(53)41(8,43)38(54)59-31)60-37-33(52)30(48(10)11)20-25(3)58-37/h22-27,30-31,33-34,36-37,46,52H,14-21H2,1-13H3,(H,44,51)/b47-32+/t24-,25-,26+,27?,30+,31-,33?,34+,36-,37+,40-,41+,42-/m1/s1. The van der Waals surface area contributed by atoms with Gasteiger partial charge in [-0.3, -0.25) is 9.59 Å². The number of aryl methyl sites for hydroxylation is 1. The highest BCUT2D eigenvalue weighted by atomic mass is 19.1. The summed E-state index contributed by atoms with van der Waals surface area (Å²) < 4.78 is 49.8. The van der Waals surface area contributed by atoms with Crippen LogP contribution in [-0.4, -0.2) is 155 Å². The molecule has 3 aliphatic rings. The minimum absolute atomic E-state index is 0.0965. The molecular weight excluding hydrogens is 797 g/mol. The number of hydrogen-bond donors (Lipinski definition) is 3. The van der Waals surface area contributed by atoms with Gasteiger partial charge in [0.1, 0.15) is 25.4 Å². The van der Waals surface area contributed by atoms with E-state index in [1.807, 2.05) is 50.5 Å². The van der Waals surface area contributed by atoms with Gasteiger partial charge in [0.2, 0.25) is 5.91 Å². The molecule has 3 fully saturated rings. The maximum absolute atomic E-state index is 17.0. The number of esters is 1. The number of amides is 2. The van der Waals surface area contributed by atoms with Gasteiger partial charge in [-0.2, -0.15) is 0 Å². The van der Waals surface area contributed by atoms with Gasteiger partial charge in [0.15, 0.2) is 17.7 Å². The number of carbonyl (C=O) groups excluding carboxylic acids is 4. The Labute approximate surface area is 359 Å². The Hall–Kier alpha value is -3.75. The first-order chi connectivity index (χ1) is 28.6. The third-order valence-electron chi connectivity index (χ3n) is 12.6. The number of nitrogens with zero attached hydrogens (tertiary/aromatic N) is 5. The summed E-state index contributed by atoms with van der Waals surface area (Å²) in [5, 5.41) is 20.1. The van der Waals surface area contributed by atoms with Gasteiger partial charge in [0.25, 0.3) is 5.67 Å². The molecule has 0 spiro atoms. The number of fused-ring (bicyclic) bond motifs is 1. The molecule has 19 heteroatoms. The third kappa shape index (κ3) is 11.1. The number of ketones is 1. The molecule has 3 saturated heterocycles. The van der Waals surface area contributed by atoms with Crippen molar-refractivity contribution in [3.05, 3.63) is 18.2 Å². The molecule has 4 heterocycles. The first-order valence-corrected chi connectivity index (χ1v) is 21.3. The van der Waals surface area contributed by atoms with Crippen LogP contribution in [0.4, 0.5) is 9.18 Å². The first kappa shape index (κ1) is 49.9. The lowest BCUT2D eigenvalue weighted by Crippen LogP contribution is -2.62. The number of aliphatic hydroxyl groups is 1. The van der Waals surface area contributed by atoms with E-state index in [0.717, 1.165) is 12.6 Å². The van der Waals surface area contributed by atoms with Crippen LogP contribution >= 0.6 is 0 Å². The summed E-state index contributed by atoms with van der Waals surface area (Å²) in [5.41, 5.74) is -1.59. The Morgan fingerprint density at radius 2 is 1.80 bits per heavy atom. The van der Waals surface area contributed by atoms with Gasteiger partial charge in [0, 0.05) is 70.1 Å². The summed E-state index contributed by atoms with van der Waals surface area (Å²) in [6, 6.07) is -1.25. The van der Waals surface area contributed by atoms with Gasteiger partial charge in [-0.15, -0.1) is 0 Å². The van der Waals surface area contributed by atoms with Crippen molar-refractivity contribution in [3.63, 3.8) is 0 Å². The van der Waals surface area contributed by atoms with Crippen LogP contribution in [0.15, 0.2) is 17.7 Å². The number of carbonyl (C=O) groups is 4. The zero-order valence-corrected chi connectivity index (χ0v) is 38.2. The smallest absolute Gasteiger partial charge is 0.425 e. The van der Waals surface area contributed by atoms with E-state index in [1.165, 1.54) is 33.1 Å². The maximum atomic E-state index is 17.0. The van der Waals surface area contributed by atoms with E-state index < -0.39 is 83.1 Å². The van der Waals surface area contributed by atoms with Crippen molar-refractivity contribution in [1.29, 1.82) is 0 Å². The number of nitrogens with one attached hydrogen (secondary N) is 2. The predicted molar refractivity (Wildman–Crippen MR) is 222 cm³/mol. The van der Waals surface area contributed by atoms with Crippen molar-refractivity contribution < 1.29 is 57.2 Å². The Morgan fingerprint density at radius 3 is 2.41 bits per heavy atom. The van der Waals surface area contributed by atoms with E-state index in [-0.39, 0.29) is 30.9 Å². The van der Waals surface area contributed by atoms with Crippen LogP contribution in [0.1, 0.15) is 93.7 Å². The van der Waals surface area contributed by atoms with Crippen molar-refractivity contribution in [2.75, 3.05) is 41.4 Å². The lowest BCUT2D eigenvalue weighted by atomic mass is 9.73. The lowest BCUT2D eigenvalue weighted by molar-refractivity contribution is -0.295. The van der Waals surface area contributed by atoms with Crippen molar-refractivity contribution in [2.45, 2.75) is 161 Å². The highest BCUT2D eigenvalue weighted by Gasteiger charge is 2.62. The second kappa shape index (κ2) is 20.6. The Morgan fingerprint density at radius 1 is 1.11 bits per heavy atom. The minimum Gasteiger partial charge on any atom is -0.455 e. The summed E-state index contributed by atoms with van der Waals surface area (Å²) in [4.78, 5) is 65.3. The van der Waals surface area contributed by atoms with Crippen molar-refractivity contribution in [2.24, 2.45) is 22.9 Å². The fourth-order valence-corrected chi connectivity index (χ4v) is 9.31. The Bertz CT molecular complexity index is 1710. The minimum atomic E-state index is -3.18. The molecule has 4 rings (SSSR count). The summed E-state index contributed by atoms with van der Waals surface area (Å²) in [6.45, 7) is 15.8. The molecule has 2 unspecified atom stereocenters. The van der Waals surface area contributed by atoms with E-state index in [1.54, 1.807) is 27.1 Å². The van der Waals surface area contributed by atoms with Crippen LogP contribution in [0.2, 0.25) is 0 Å². The molecule has 0 saturated carbocycles. The summed E-state index contributed by atoms with van der Waals surface area (Å²) in [7, 11) is 6.52. The predicted octanol–water partition coefficient (Wildman–Crippen LogP) is 3.19. The summed E-state index contributed by atoms with van der Waals surface area (Å²) in [6.07, 6.45) is -0.456. The number of aromatic nitrogens is 2. The third-order valence-corrected chi connectivity index (χ3v) is 12.6. The molecular formula is C42H70FN7O11. The molecule has 0 aliphatic carbocycles. The van der Waals surface area contributed by atoms with Gasteiger partial charge >= 0.3 is 12.1 Å². The number of Topliss-reactive ketones (excluding diaryl/α,β-unsaturated/α-hetero) is 1. The number of rotatable bonds is 14. The molecule has 1 aromatic heterocycles. The monoisotopic (exact) mass is 868 g/mol. The molecule has 346 valence electrons. The van der Waals surface area contributed by atoms with Gasteiger partial charge in [-0.1, -0.05) is 32.9 Å². The lowest BCUT2D eigenvalue weighted by Gasteiger charge is -2.47. The molecule has 3 aliphatic heterocycles. The topological polar surface area (TPSA) is 205 Å². The second-order valence-electron chi connectivity index (χ2n) is 17.7. The quantitative estimate of drug-likeness (QED) is 0.106. The molecule has 3 N–H and O–H groups in total. The SMILES string of the molecule is CC[C@H]1OC(=O)[C@@](C)(F)C(=O)C(C)[C@@H](O[C@@H]2O[C@H](C)C[C@H](N(C)C)C2O)[C@](C)(OC)C[C@@H](C)/C(=N\OC)[C@H](C)[C@@H]2N(NCCCn3cnc(CCNC(C)=O)c3)C(=O)O[C@@]21C. The van der Waals surface area contributed by atoms with E-state index in [2.05, 4.69) is 20.9 Å². The average Bonchev–Trinajstić information content (AvgIpc) is 3.75. The summed E-state index contributed by atoms with van der Waals surface area (Å²) in [5.74, 6) is -5.16. The van der Waals surface area contributed by atoms with Gasteiger partial charge in [-0.25, -0.2) is 29.4 Å². The van der Waals surface area contributed by atoms with E-state index in [9.17, 15) is 24.3 Å². The number of ether oxygens (including phenoxy) is 5. The normalized spacial score (nSPS) is 37.3. The molecule has 61 heavy (non-hydrogen) atoms. The molecule has 0 bridgehead atoms. The number of aliphatic hydroxyl groups excluding tert-OH is 1. The Kier molecular flexibility index (Phi) is 16.9. The number of methoxy groups -OCH3 is 1. The average molecular weight is 868 g/mol. The number of cyclic esters (lactones) is 1. The van der Waals surface area contributed by atoms with Crippen LogP contribution < -0.4 is 10.7 Å². The largest absolute Gasteiger partial charge is 0.455 e. The highest BCUT2D eigenvalue weighted by molar-refractivity contribution is 6.08. The fourth-order valence-electron chi connectivity index (χ4n) is 9.31. The van der Waals surface area contributed by atoms with Crippen LogP contribution in [0, 0.1) is 17.8 Å². The highest BCUT2D eigenvalue weighted by Crippen LogP contribution is 2.43. The number of halogens is 1. The number of imidazole rings is 1. The van der Waals surface area contributed by atoms with Crippen LogP contribution in [0.25, 0.3) is 0 Å². The zero-order chi connectivity index (χ0) is 45.6. The number of hydrazine groups is 1. The molecule has 18 nitrogen and oxygen atoms in total. The van der Waals surface area contributed by atoms with Crippen LogP contribution in [0.3, 0.4) is 0 Å². The van der Waals surface area contributed by atoms with Crippen LogP contribution in [0.5, 0.6) is 0 Å².